The molecule has 3 rings (SSSR count). The summed E-state index contributed by atoms with van der Waals surface area (Å²) in [6.07, 6.45) is 0. The van der Waals surface area contributed by atoms with Crippen LogP contribution in [0.4, 0.5) is 0 Å². The Labute approximate surface area is 177 Å². The molecule has 0 atom stereocenters. The molecule has 2 aromatic carbocycles. The van der Waals surface area contributed by atoms with E-state index >= 15 is 0 Å². The van der Waals surface area contributed by atoms with E-state index < -0.39 is 5.97 Å². The van der Waals surface area contributed by atoms with E-state index in [4.69, 9.17) is 34.8 Å². The number of hydrogen-bond acceptors (Lipinski definition) is 4. The molecule has 0 bridgehead atoms. The largest absolute Gasteiger partial charge is 0.476 e. The number of carbonyl (C=O) groups is 1. The molecule has 0 saturated heterocycles. The molecule has 6 nitrogen and oxygen atoms in total. The van der Waals surface area contributed by atoms with Crippen LogP contribution in [0.1, 0.15) is 16.1 Å². The smallest absolute Gasteiger partial charge is 0.356 e. The first-order valence-corrected chi connectivity index (χ1v) is 9.17. The maximum atomic E-state index is 11.5. The minimum Gasteiger partial charge on any atom is -0.476 e. The molecule has 0 fully saturated rings. The first kappa shape index (κ1) is 22.2. The molecule has 0 aliphatic carbocycles. The lowest BCUT2D eigenvalue weighted by molar-refractivity contribution is 0.0689. The molecular weight excluding hydrogens is 425 g/mol. The Kier molecular flexibility index (Phi) is 7.86. The van der Waals surface area contributed by atoms with Gasteiger partial charge in [0.05, 0.1) is 23.5 Å². The van der Waals surface area contributed by atoms with Crippen LogP contribution in [0.3, 0.4) is 0 Å². The molecule has 3 aromatic rings. The van der Waals surface area contributed by atoms with Gasteiger partial charge in [0.25, 0.3) is 0 Å². The van der Waals surface area contributed by atoms with Crippen LogP contribution in [0.5, 0.6) is 0 Å². The number of benzene rings is 2. The highest BCUT2D eigenvalue weighted by molar-refractivity contribution is 6.35. The fourth-order valence-electron chi connectivity index (χ4n) is 2.47. The second-order valence-electron chi connectivity index (χ2n) is 5.55. The van der Waals surface area contributed by atoms with Crippen LogP contribution in [-0.4, -0.2) is 35.0 Å². The summed E-state index contributed by atoms with van der Waals surface area (Å²) in [5.41, 5.74) is 4.89. The van der Waals surface area contributed by atoms with Crippen LogP contribution in [0.15, 0.2) is 42.5 Å². The summed E-state index contributed by atoms with van der Waals surface area (Å²) in [5, 5.41) is 15.1. The zero-order valence-electron chi connectivity index (χ0n) is 15.3. The number of aromatic nitrogens is 2. The van der Waals surface area contributed by atoms with Crippen molar-refractivity contribution in [3.63, 3.8) is 0 Å². The van der Waals surface area contributed by atoms with Gasteiger partial charge in [-0.05, 0) is 37.3 Å². The SMILES string of the molecule is CNOC.Cc1c(C(=O)O)nn(-c2ccc(Cl)cc2Cl)c1-c1ccc(Cl)cc1. The van der Waals surface area contributed by atoms with Crippen molar-refractivity contribution in [1.82, 2.24) is 15.3 Å². The van der Waals surface area contributed by atoms with Gasteiger partial charge in [-0.15, -0.1) is 0 Å². The van der Waals surface area contributed by atoms with Crippen LogP contribution >= 0.6 is 34.8 Å². The summed E-state index contributed by atoms with van der Waals surface area (Å²) in [7, 11) is 3.28. The third-order valence-corrected chi connectivity index (χ3v) is 4.57. The number of carboxylic acid groups (broad SMARTS) is 1. The predicted molar refractivity (Wildman–Crippen MR) is 112 cm³/mol. The number of nitrogens with zero attached hydrogens (tertiary/aromatic N) is 2. The highest BCUT2D eigenvalue weighted by atomic mass is 35.5. The van der Waals surface area contributed by atoms with Gasteiger partial charge in [-0.3, -0.25) is 0 Å². The Morgan fingerprint density at radius 3 is 2.18 bits per heavy atom. The van der Waals surface area contributed by atoms with E-state index in [0.29, 0.717) is 32.0 Å². The van der Waals surface area contributed by atoms with Crippen molar-refractivity contribution in [3.05, 3.63) is 68.8 Å². The molecule has 2 N–H and O–H groups in total. The summed E-state index contributed by atoms with van der Waals surface area (Å²) in [5.74, 6) is -1.11. The number of aromatic carboxylic acids is 1. The van der Waals surface area contributed by atoms with Crippen LogP contribution < -0.4 is 5.48 Å². The summed E-state index contributed by atoms with van der Waals surface area (Å²) in [6, 6.07) is 12.0. The van der Waals surface area contributed by atoms with Gasteiger partial charge in [-0.1, -0.05) is 46.9 Å². The summed E-state index contributed by atoms with van der Waals surface area (Å²) >= 11 is 18.2. The zero-order valence-corrected chi connectivity index (χ0v) is 17.6. The molecule has 0 aliphatic heterocycles. The van der Waals surface area contributed by atoms with E-state index in [1.54, 1.807) is 63.5 Å². The van der Waals surface area contributed by atoms with E-state index in [2.05, 4.69) is 15.4 Å². The van der Waals surface area contributed by atoms with Gasteiger partial charge < -0.3 is 9.94 Å². The van der Waals surface area contributed by atoms with Crippen LogP contribution in [-0.2, 0) is 4.84 Å². The lowest BCUT2D eigenvalue weighted by Gasteiger charge is -2.11. The normalized spacial score (nSPS) is 10.4. The van der Waals surface area contributed by atoms with Gasteiger partial charge in [0.15, 0.2) is 5.69 Å². The Hall–Kier alpha value is -2.09. The fraction of sp³-hybridized carbons (Fsp3) is 0.158. The molecular formula is C19H18Cl3N3O3. The molecule has 28 heavy (non-hydrogen) atoms. The third-order valence-electron chi connectivity index (χ3n) is 3.78. The monoisotopic (exact) mass is 441 g/mol. The van der Waals surface area contributed by atoms with Crippen molar-refractivity contribution in [2.24, 2.45) is 0 Å². The van der Waals surface area contributed by atoms with Gasteiger partial charge in [0.1, 0.15) is 0 Å². The van der Waals surface area contributed by atoms with E-state index in [1.165, 1.54) is 4.68 Å². The molecule has 9 heteroatoms. The molecule has 0 saturated carbocycles. The number of hydroxylamine groups is 1. The number of hydrogen-bond donors (Lipinski definition) is 2. The van der Waals surface area contributed by atoms with E-state index in [9.17, 15) is 9.90 Å². The zero-order chi connectivity index (χ0) is 20.8. The maximum Gasteiger partial charge on any atom is 0.356 e. The summed E-state index contributed by atoms with van der Waals surface area (Å²) in [6.45, 7) is 1.71. The topological polar surface area (TPSA) is 76.4 Å². The number of nitrogens with one attached hydrogen (secondary N) is 1. The van der Waals surface area contributed by atoms with Gasteiger partial charge in [0.2, 0.25) is 0 Å². The van der Waals surface area contributed by atoms with Crippen molar-refractivity contribution in [2.45, 2.75) is 6.92 Å². The van der Waals surface area contributed by atoms with Crippen molar-refractivity contribution in [2.75, 3.05) is 14.2 Å². The molecule has 0 unspecified atom stereocenters. The average molecular weight is 443 g/mol. The maximum absolute atomic E-state index is 11.5. The first-order valence-electron chi connectivity index (χ1n) is 8.04. The second-order valence-corrected chi connectivity index (χ2v) is 6.83. The molecule has 1 aromatic heterocycles. The molecule has 0 amide bonds. The summed E-state index contributed by atoms with van der Waals surface area (Å²) in [4.78, 5) is 15.8. The highest BCUT2D eigenvalue weighted by Crippen LogP contribution is 2.33. The second kappa shape index (κ2) is 9.91. The Morgan fingerprint density at radius 1 is 1.11 bits per heavy atom. The van der Waals surface area contributed by atoms with Gasteiger partial charge >= 0.3 is 5.97 Å². The first-order chi connectivity index (χ1) is 13.3. The van der Waals surface area contributed by atoms with Crippen molar-refractivity contribution in [1.29, 1.82) is 0 Å². The average Bonchev–Trinajstić information content (AvgIpc) is 3.00. The lowest BCUT2D eigenvalue weighted by Crippen LogP contribution is -2.03. The van der Waals surface area contributed by atoms with Crippen molar-refractivity contribution in [3.8, 4) is 16.9 Å². The minimum atomic E-state index is -1.11. The number of rotatable bonds is 4. The summed E-state index contributed by atoms with van der Waals surface area (Å²) < 4.78 is 1.51. The molecule has 0 radical (unpaired) electrons. The minimum absolute atomic E-state index is 0.0361. The Balaban J connectivity index is 0.000000640. The molecule has 148 valence electrons. The quantitative estimate of drug-likeness (QED) is 0.538. The van der Waals surface area contributed by atoms with E-state index in [0.717, 1.165) is 5.56 Å². The molecule has 0 aliphatic rings. The van der Waals surface area contributed by atoms with E-state index in [-0.39, 0.29) is 5.69 Å². The van der Waals surface area contributed by atoms with Crippen molar-refractivity contribution >= 4 is 40.8 Å². The molecule has 0 spiro atoms. The number of carboxylic acids is 1. The Morgan fingerprint density at radius 2 is 1.68 bits per heavy atom. The highest BCUT2D eigenvalue weighted by Gasteiger charge is 2.22. The Bertz CT molecular complexity index is 971. The lowest BCUT2D eigenvalue weighted by atomic mass is 10.1. The van der Waals surface area contributed by atoms with Gasteiger partial charge in [-0.2, -0.15) is 5.10 Å². The predicted octanol–water partition coefficient (Wildman–Crippen LogP) is 5.27. The van der Waals surface area contributed by atoms with E-state index in [1.807, 2.05) is 0 Å². The van der Waals surface area contributed by atoms with Crippen LogP contribution in [0.25, 0.3) is 16.9 Å². The van der Waals surface area contributed by atoms with Gasteiger partial charge in [0, 0.05) is 28.2 Å². The standard InChI is InChI=1S/C17H11Cl3N2O2.C2H7NO/c1-9-15(17(23)24)21-22(14-7-6-12(19)8-13(14)20)16(9)10-2-4-11(18)5-3-10;1-3-4-2/h2-8H,1H3,(H,23,24);3H,1-2H3. The fourth-order valence-corrected chi connectivity index (χ4v) is 3.09. The molecule has 1 heterocycles. The third kappa shape index (κ3) is 5.04. The number of halogens is 3. The van der Waals surface area contributed by atoms with Gasteiger partial charge in [-0.25, -0.2) is 15.0 Å². The van der Waals surface area contributed by atoms with Crippen LogP contribution in [0.2, 0.25) is 15.1 Å². The van der Waals surface area contributed by atoms with Crippen molar-refractivity contribution < 1.29 is 14.7 Å². The van der Waals surface area contributed by atoms with Crippen LogP contribution in [0, 0.1) is 6.92 Å².